The molecule has 0 saturated carbocycles. The lowest BCUT2D eigenvalue weighted by Gasteiger charge is -2.34. The number of halogens is 1. The van der Waals surface area contributed by atoms with Crippen LogP contribution in [0, 0.1) is 5.92 Å². The molecular weight excluding hydrogens is 405 g/mol. The van der Waals surface area contributed by atoms with Crippen molar-refractivity contribution in [2.75, 3.05) is 52.9 Å². The molecule has 1 amide bonds. The van der Waals surface area contributed by atoms with Gasteiger partial charge in [0.05, 0.1) is 0 Å². The van der Waals surface area contributed by atoms with Gasteiger partial charge < -0.3 is 15.5 Å². The minimum atomic E-state index is 0. The first kappa shape index (κ1) is 22.4. The molecule has 0 spiro atoms. The van der Waals surface area contributed by atoms with E-state index in [0.29, 0.717) is 5.92 Å². The molecule has 0 aromatic carbocycles. The van der Waals surface area contributed by atoms with Crippen molar-refractivity contribution in [2.24, 2.45) is 10.9 Å². The summed E-state index contributed by atoms with van der Waals surface area (Å²) in [5.74, 6) is 1.77. The van der Waals surface area contributed by atoms with Crippen molar-refractivity contribution in [3.8, 4) is 0 Å². The number of carbonyl (C=O) groups excluding carboxylic acids is 1. The first-order valence-corrected chi connectivity index (χ1v) is 8.53. The summed E-state index contributed by atoms with van der Waals surface area (Å²) in [7, 11) is 1.81. The number of carbonyl (C=O) groups is 1. The summed E-state index contributed by atoms with van der Waals surface area (Å²) < 4.78 is 0. The fourth-order valence-corrected chi connectivity index (χ4v) is 2.66. The fourth-order valence-electron chi connectivity index (χ4n) is 2.66. The van der Waals surface area contributed by atoms with Crippen LogP contribution in [0.5, 0.6) is 0 Å². The molecule has 1 fully saturated rings. The van der Waals surface area contributed by atoms with Crippen molar-refractivity contribution in [3.05, 3.63) is 0 Å². The molecule has 7 heteroatoms. The van der Waals surface area contributed by atoms with E-state index >= 15 is 0 Å². The number of guanidine groups is 1. The number of rotatable bonds is 7. The average Bonchev–Trinajstić information content (AvgIpc) is 2.54. The number of nitrogens with one attached hydrogen (secondary N) is 2. The van der Waals surface area contributed by atoms with E-state index in [1.54, 1.807) is 6.92 Å². The van der Waals surface area contributed by atoms with Crippen molar-refractivity contribution < 1.29 is 4.79 Å². The lowest BCUT2D eigenvalue weighted by atomic mass is 10.0. The van der Waals surface area contributed by atoms with Gasteiger partial charge in [0.1, 0.15) is 0 Å². The fraction of sp³-hybridized carbons (Fsp3) is 0.875. The molecule has 1 rings (SSSR count). The molecule has 1 aliphatic rings. The molecule has 1 aliphatic heterocycles. The molecule has 1 saturated heterocycles. The zero-order chi connectivity index (χ0) is 16.4. The summed E-state index contributed by atoms with van der Waals surface area (Å²) in [5.41, 5.74) is 0. The Morgan fingerprint density at radius 2 is 1.74 bits per heavy atom. The molecule has 136 valence electrons. The van der Waals surface area contributed by atoms with E-state index < -0.39 is 0 Å². The Bertz CT molecular complexity index is 352. The van der Waals surface area contributed by atoms with Gasteiger partial charge in [-0.2, -0.15) is 0 Å². The second kappa shape index (κ2) is 12.8. The van der Waals surface area contributed by atoms with Gasteiger partial charge in [0.2, 0.25) is 5.91 Å². The van der Waals surface area contributed by atoms with Crippen LogP contribution in [0.4, 0.5) is 0 Å². The van der Waals surface area contributed by atoms with Gasteiger partial charge in [-0.05, 0) is 5.92 Å². The lowest BCUT2D eigenvalue weighted by molar-refractivity contribution is -0.130. The smallest absolute Gasteiger partial charge is 0.219 e. The number of nitrogens with zero attached hydrogens (tertiary/aromatic N) is 3. The van der Waals surface area contributed by atoms with E-state index in [-0.39, 0.29) is 29.9 Å². The zero-order valence-corrected chi connectivity index (χ0v) is 17.4. The maximum atomic E-state index is 11.3. The highest BCUT2D eigenvalue weighted by Gasteiger charge is 2.17. The van der Waals surface area contributed by atoms with Crippen LogP contribution in [0.3, 0.4) is 0 Å². The standard InChI is InChI=1S/C16H33N5O.HI/c1-5-15(6-2)13-19-16(17-4)18-7-8-20-9-11-21(12-10-20)14(3)22;/h15H,5-13H2,1-4H3,(H2,17,18,19);1H. The molecule has 6 nitrogen and oxygen atoms in total. The Morgan fingerprint density at radius 3 is 2.22 bits per heavy atom. The maximum Gasteiger partial charge on any atom is 0.219 e. The Kier molecular flexibility index (Phi) is 12.5. The van der Waals surface area contributed by atoms with E-state index in [1.165, 1.54) is 12.8 Å². The zero-order valence-electron chi connectivity index (χ0n) is 15.1. The van der Waals surface area contributed by atoms with Crippen molar-refractivity contribution in [1.29, 1.82) is 0 Å². The predicted molar refractivity (Wildman–Crippen MR) is 108 cm³/mol. The molecule has 0 atom stereocenters. The van der Waals surface area contributed by atoms with Crippen molar-refractivity contribution in [2.45, 2.75) is 33.6 Å². The third-order valence-corrected chi connectivity index (χ3v) is 4.47. The molecule has 0 aromatic heterocycles. The number of amides is 1. The SMILES string of the molecule is CCC(CC)CNC(=NC)NCCN1CCN(C(C)=O)CC1.I. The van der Waals surface area contributed by atoms with Gasteiger partial charge >= 0.3 is 0 Å². The van der Waals surface area contributed by atoms with Gasteiger partial charge in [0.25, 0.3) is 0 Å². The summed E-state index contributed by atoms with van der Waals surface area (Å²) in [6.07, 6.45) is 2.39. The highest BCUT2D eigenvalue weighted by atomic mass is 127. The molecule has 1 heterocycles. The van der Waals surface area contributed by atoms with Gasteiger partial charge in [-0.3, -0.25) is 14.7 Å². The molecular formula is C16H34IN5O. The van der Waals surface area contributed by atoms with E-state index in [4.69, 9.17) is 0 Å². The Morgan fingerprint density at radius 1 is 1.13 bits per heavy atom. The molecule has 0 radical (unpaired) electrons. The summed E-state index contributed by atoms with van der Waals surface area (Å²) >= 11 is 0. The van der Waals surface area contributed by atoms with Gasteiger partial charge in [-0.25, -0.2) is 0 Å². The van der Waals surface area contributed by atoms with Crippen LogP contribution < -0.4 is 10.6 Å². The summed E-state index contributed by atoms with van der Waals surface area (Å²) in [5, 5.41) is 6.77. The molecule has 0 unspecified atom stereocenters. The number of aliphatic imine (C=N–C) groups is 1. The van der Waals surface area contributed by atoms with Crippen LogP contribution in [0.1, 0.15) is 33.6 Å². The highest BCUT2D eigenvalue weighted by molar-refractivity contribution is 14.0. The predicted octanol–water partition coefficient (Wildman–Crippen LogP) is 1.37. The second-order valence-electron chi connectivity index (χ2n) is 5.91. The third kappa shape index (κ3) is 8.74. The highest BCUT2D eigenvalue weighted by Crippen LogP contribution is 2.04. The van der Waals surface area contributed by atoms with Crippen molar-refractivity contribution >= 4 is 35.8 Å². The van der Waals surface area contributed by atoms with E-state index in [1.807, 2.05) is 11.9 Å². The second-order valence-corrected chi connectivity index (χ2v) is 5.91. The third-order valence-electron chi connectivity index (χ3n) is 4.47. The van der Waals surface area contributed by atoms with Crippen molar-refractivity contribution in [1.82, 2.24) is 20.4 Å². The van der Waals surface area contributed by atoms with Gasteiger partial charge in [0, 0.05) is 59.8 Å². The Balaban J connectivity index is 0.00000484. The molecule has 23 heavy (non-hydrogen) atoms. The first-order chi connectivity index (χ1) is 10.6. The number of hydrogen-bond donors (Lipinski definition) is 2. The van der Waals surface area contributed by atoms with Crippen LogP contribution >= 0.6 is 24.0 Å². The van der Waals surface area contributed by atoms with Crippen LogP contribution in [0.15, 0.2) is 4.99 Å². The molecule has 0 aliphatic carbocycles. The van der Waals surface area contributed by atoms with Gasteiger partial charge in [-0.1, -0.05) is 26.7 Å². The van der Waals surface area contributed by atoms with Crippen LogP contribution in [0.25, 0.3) is 0 Å². The molecule has 0 aromatic rings. The van der Waals surface area contributed by atoms with E-state index in [2.05, 4.69) is 34.4 Å². The quantitative estimate of drug-likeness (QED) is 0.358. The summed E-state index contributed by atoms with van der Waals surface area (Å²) in [4.78, 5) is 19.9. The monoisotopic (exact) mass is 439 g/mol. The maximum absolute atomic E-state index is 11.3. The Labute approximate surface area is 158 Å². The van der Waals surface area contributed by atoms with E-state index in [9.17, 15) is 4.79 Å². The summed E-state index contributed by atoms with van der Waals surface area (Å²) in [6, 6.07) is 0. The largest absolute Gasteiger partial charge is 0.356 e. The normalized spacial score (nSPS) is 16.2. The number of piperazine rings is 1. The van der Waals surface area contributed by atoms with Crippen LogP contribution in [-0.2, 0) is 4.79 Å². The van der Waals surface area contributed by atoms with E-state index in [0.717, 1.165) is 51.8 Å². The minimum absolute atomic E-state index is 0. The topological polar surface area (TPSA) is 60.0 Å². The Hall–Kier alpha value is -0.570. The summed E-state index contributed by atoms with van der Waals surface area (Å²) in [6.45, 7) is 12.5. The van der Waals surface area contributed by atoms with Gasteiger partial charge in [-0.15, -0.1) is 24.0 Å². The molecule has 2 N–H and O–H groups in total. The minimum Gasteiger partial charge on any atom is -0.356 e. The number of hydrogen-bond acceptors (Lipinski definition) is 3. The van der Waals surface area contributed by atoms with Crippen LogP contribution in [0.2, 0.25) is 0 Å². The average molecular weight is 439 g/mol. The first-order valence-electron chi connectivity index (χ1n) is 8.53. The van der Waals surface area contributed by atoms with Crippen molar-refractivity contribution in [3.63, 3.8) is 0 Å². The van der Waals surface area contributed by atoms with Crippen LogP contribution in [-0.4, -0.2) is 74.5 Å². The molecule has 0 bridgehead atoms. The van der Waals surface area contributed by atoms with Gasteiger partial charge in [0.15, 0.2) is 5.96 Å². The lowest BCUT2D eigenvalue weighted by Crippen LogP contribution is -2.50.